The summed E-state index contributed by atoms with van der Waals surface area (Å²) in [5.41, 5.74) is 1.23. The van der Waals surface area contributed by atoms with E-state index in [0.29, 0.717) is 43.7 Å². The van der Waals surface area contributed by atoms with E-state index in [1.54, 1.807) is 7.11 Å². The topological polar surface area (TPSA) is 88.8 Å². The van der Waals surface area contributed by atoms with Gasteiger partial charge in [0.05, 0.1) is 16.5 Å². The molecule has 1 aliphatic rings. The molecule has 2 aromatic rings. The number of hydrogen-bond donors (Lipinski definition) is 0. The zero-order valence-electron chi connectivity index (χ0n) is 18.7. The first kappa shape index (κ1) is 17.1. The maximum absolute atomic E-state index is 13.8. The molecule has 0 saturated heterocycles. The predicted octanol–water partition coefficient (Wildman–Crippen LogP) is 3.66. The van der Waals surface area contributed by atoms with Gasteiger partial charge in [0, 0.05) is 53.5 Å². The van der Waals surface area contributed by atoms with E-state index in [1.807, 2.05) is 6.07 Å². The van der Waals surface area contributed by atoms with Gasteiger partial charge in [-0.05, 0) is 43.5 Å². The molecule has 0 spiro atoms. The van der Waals surface area contributed by atoms with Crippen LogP contribution in [0.1, 0.15) is 33.6 Å². The van der Waals surface area contributed by atoms with Crippen molar-refractivity contribution < 1.29 is 26.4 Å². The maximum atomic E-state index is 13.8. The lowest BCUT2D eigenvalue weighted by atomic mass is 10.1. The summed E-state index contributed by atoms with van der Waals surface area (Å²) in [5, 5.41) is 9.05. The van der Waals surface area contributed by atoms with Gasteiger partial charge in [-0.15, -0.1) is 0 Å². The second-order valence-electron chi connectivity index (χ2n) is 6.48. The molecule has 0 radical (unpaired) electrons. The highest BCUT2D eigenvalue weighted by atomic mass is 32.2. The third-order valence-electron chi connectivity index (χ3n) is 4.46. The van der Waals surface area contributed by atoms with Crippen molar-refractivity contribution in [1.82, 2.24) is 0 Å². The summed E-state index contributed by atoms with van der Waals surface area (Å²) in [6, 6.07) is 7.90. The van der Waals surface area contributed by atoms with Crippen LogP contribution in [-0.2, 0) is 21.0 Å². The molecule has 0 N–H and O–H groups in total. The zero-order chi connectivity index (χ0) is 23.5. The molecule has 29 heavy (non-hydrogen) atoms. The smallest absolute Gasteiger partial charge is 0.176 e. The molecular formula is C21H21FN2O4S. The number of aliphatic imine (C=N–C) groups is 1. The van der Waals surface area contributed by atoms with Crippen LogP contribution in [0.15, 0.2) is 40.2 Å². The quantitative estimate of drug-likeness (QED) is 0.639. The Labute approximate surface area is 173 Å². The lowest BCUT2D eigenvalue weighted by Crippen LogP contribution is -2.08. The van der Waals surface area contributed by atoms with Crippen molar-refractivity contribution in [2.24, 2.45) is 4.99 Å². The molecule has 8 heteroatoms. The van der Waals surface area contributed by atoms with Crippen LogP contribution in [0.5, 0.6) is 11.5 Å². The van der Waals surface area contributed by atoms with Gasteiger partial charge < -0.3 is 9.47 Å². The van der Waals surface area contributed by atoms with Crippen molar-refractivity contribution >= 4 is 15.5 Å². The van der Waals surface area contributed by atoms with Crippen molar-refractivity contribution in [3.8, 4) is 17.6 Å². The van der Waals surface area contributed by atoms with Gasteiger partial charge in [-0.1, -0.05) is 0 Å². The number of methoxy groups -OCH3 is 1. The van der Waals surface area contributed by atoms with Crippen molar-refractivity contribution in [3.05, 3.63) is 52.8 Å². The highest BCUT2D eigenvalue weighted by Crippen LogP contribution is 2.38. The van der Waals surface area contributed by atoms with Crippen molar-refractivity contribution in [3.63, 3.8) is 0 Å². The van der Waals surface area contributed by atoms with E-state index in [0.717, 1.165) is 12.1 Å². The van der Waals surface area contributed by atoms with E-state index in [2.05, 4.69) is 4.99 Å². The Hall–Kier alpha value is -2.76. The van der Waals surface area contributed by atoms with Crippen LogP contribution in [0.2, 0.25) is 0 Å². The first-order chi connectivity index (χ1) is 15.1. The summed E-state index contributed by atoms with van der Waals surface area (Å²) < 4.78 is 72.6. The molecule has 0 amide bonds. The van der Waals surface area contributed by atoms with Crippen molar-refractivity contribution in [2.45, 2.75) is 24.2 Å². The molecule has 0 bridgehead atoms. The van der Waals surface area contributed by atoms with Crippen LogP contribution >= 0.6 is 0 Å². The summed E-state index contributed by atoms with van der Waals surface area (Å²) in [6.07, 6.45) is -1.85. The first-order valence-electron chi connectivity index (χ1n) is 10.4. The first-order valence-corrected chi connectivity index (χ1v) is 10.4. The van der Waals surface area contributed by atoms with Crippen LogP contribution in [0.4, 0.5) is 4.39 Å². The molecule has 3 rings (SSSR count). The second kappa shape index (κ2) is 8.72. The average Bonchev–Trinajstić information content (AvgIpc) is 3.14. The Balaban J connectivity index is 2.11. The zero-order valence-corrected chi connectivity index (χ0v) is 16.6. The van der Waals surface area contributed by atoms with Gasteiger partial charge in [0.1, 0.15) is 17.3 Å². The van der Waals surface area contributed by atoms with E-state index >= 15 is 0 Å². The average molecular weight is 419 g/mol. The Kier molecular flexibility index (Phi) is 5.15. The molecule has 0 atom stereocenters. The lowest BCUT2D eigenvalue weighted by Gasteiger charge is -2.14. The summed E-state index contributed by atoms with van der Waals surface area (Å²) >= 11 is 0. The van der Waals surface area contributed by atoms with E-state index in [-0.39, 0.29) is 27.5 Å². The predicted molar refractivity (Wildman–Crippen MR) is 107 cm³/mol. The number of rotatable bonds is 7. The number of halogens is 1. The third-order valence-corrected chi connectivity index (χ3v) is 5.38. The Morgan fingerprint density at radius 3 is 2.86 bits per heavy atom. The minimum atomic E-state index is -4.64. The van der Waals surface area contributed by atoms with Crippen molar-refractivity contribution in [1.29, 1.82) is 5.26 Å². The molecule has 0 aliphatic heterocycles. The number of nitriles is 1. The molecular weight excluding hydrogens is 395 g/mol. The monoisotopic (exact) mass is 419 g/mol. The lowest BCUT2D eigenvalue weighted by molar-refractivity contribution is 0.197. The minimum absolute atomic E-state index is 0.0682. The van der Waals surface area contributed by atoms with Crippen LogP contribution in [0.25, 0.3) is 0 Å². The number of benzene rings is 2. The molecule has 0 aromatic heterocycles. The number of nitrogens with zero attached hydrogens (tertiary/aromatic N) is 2. The van der Waals surface area contributed by atoms with E-state index < -0.39 is 21.8 Å². The summed E-state index contributed by atoms with van der Waals surface area (Å²) in [7, 11) is -3.08. The molecule has 2 aromatic carbocycles. The molecule has 0 heterocycles. The summed E-state index contributed by atoms with van der Waals surface area (Å²) in [4.78, 5) is 4.14. The fourth-order valence-corrected chi connectivity index (χ4v) is 4.01. The molecule has 1 aliphatic carbocycles. The fraction of sp³-hybridized carbons (Fsp3) is 0.333. The Bertz CT molecular complexity index is 1200. The van der Waals surface area contributed by atoms with Gasteiger partial charge in [0.25, 0.3) is 0 Å². The van der Waals surface area contributed by atoms with Crippen molar-refractivity contribution in [2.75, 3.05) is 26.4 Å². The van der Waals surface area contributed by atoms with Gasteiger partial charge in [0.15, 0.2) is 9.84 Å². The number of fused-ring (bicyclic) bond motifs is 1. The van der Waals surface area contributed by atoms with Gasteiger partial charge >= 0.3 is 0 Å². The van der Waals surface area contributed by atoms with E-state index in [9.17, 15) is 12.8 Å². The SMILES string of the molecule is [2H]C([2H])([2H])S(=O)(=O)c1ccc(Oc2cc(F)cc(C#N)c2)c2c1/C(=N/CCCOC)CC2. The highest BCUT2D eigenvalue weighted by molar-refractivity contribution is 7.90. The Morgan fingerprint density at radius 2 is 2.14 bits per heavy atom. The standard InChI is InChI=1S/C21H21FN2O4S/c1-27-9-3-8-24-18-5-4-17-19(6-7-20(21(17)18)29(2,25)26)28-16-11-14(13-23)10-15(22)12-16/h6-7,10-12H,3-5,8-9H2,1-2H3/b24-18+/i2D3. The van der Waals surface area contributed by atoms with Gasteiger partial charge in [-0.25, -0.2) is 12.8 Å². The Morgan fingerprint density at radius 1 is 1.31 bits per heavy atom. The number of ether oxygens (including phenoxy) is 2. The van der Waals surface area contributed by atoms with Gasteiger partial charge in [0.2, 0.25) is 0 Å². The normalized spacial score (nSPS) is 16.6. The van der Waals surface area contributed by atoms with Gasteiger partial charge in [-0.2, -0.15) is 5.26 Å². The number of sulfone groups is 1. The molecule has 0 fully saturated rings. The summed E-state index contributed by atoms with van der Waals surface area (Å²) in [5.74, 6) is -0.334. The van der Waals surface area contributed by atoms with Gasteiger partial charge in [-0.3, -0.25) is 4.99 Å². The minimum Gasteiger partial charge on any atom is -0.457 e. The molecule has 0 saturated carbocycles. The molecule has 6 nitrogen and oxygen atoms in total. The van der Waals surface area contributed by atoms with E-state index in [4.69, 9.17) is 18.8 Å². The number of hydrogen-bond acceptors (Lipinski definition) is 6. The second-order valence-corrected chi connectivity index (χ2v) is 7.93. The fourth-order valence-electron chi connectivity index (χ4n) is 3.25. The molecule has 152 valence electrons. The summed E-state index contributed by atoms with van der Waals surface area (Å²) in [6.45, 7) is 0.865. The van der Waals surface area contributed by atoms with Crippen LogP contribution in [0.3, 0.4) is 0 Å². The van der Waals surface area contributed by atoms with Crippen LogP contribution in [-0.4, -0.2) is 40.6 Å². The highest BCUT2D eigenvalue weighted by Gasteiger charge is 2.29. The third kappa shape index (κ3) is 4.81. The molecule has 0 unspecified atom stereocenters. The largest absolute Gasteiger partial charge is 0.457 e. The van der Waals surface area contributed by atoms with Crippen LogP contribution < -0.4 is 4.74 Å². The van der Waals surface area contributed by atoms with Crippen LogP contribution in [0, 0.1) is 17.1 Å². The van der Waals surface area contributed by atoms with E-state index in [1.165, 1.54) is 18.2 Å². The maximum Gasteiger partial charge on any atom is 0.176 e.